The zero-order valence-corrected chi connectivity index (χ0v) is 22.8. The summed E-state index contributed by atoms with van der Waals surface area (Å²) in [7, 11) is 1.70. The van der Waals surface area contributed by atoms with Crippen molar-refractivity contribution >= 4 is 16.9 Å². The van der Waals surface area contributed by atoms with E-state index in [9.17, 15) is 10.1 Å². The molecular weight excluding hydrogens is 448 g/mol. The lowest BCUT2D eigenvalue weighted by molar-refractivity contribution is 0.0895. The number of hydrogen-bond donors (Lipinski definition) is 0. The van der Waals surface area contributed by atoms with Gasteiger partial charge in [-0.15, -0.1) is 0 Å². The molecular formula is C29H40N6O. The van der Waals surface area contributed by atoms with Crippen LogP contribution in [0.1, 0.15) is 76.7 Å². The molecule has 0 bridgehead atoms. The Balaban J connectivity index is 0.00000176. The molecule has 1 saturated heterocycles. The maximum absolute atomic E-state index is 12.8. The minimum absolute atomic E-state index is 0.192. The molecule has 3 heterocycles. The van der Waals surface area contributed by atoms with E-state index in [-0.39, 0.29) is 11.7 Å². The summed E-state index contributed by atoms with van der Waals surface area (Å²) in [6, 6.07) is 15.3. The van der Waals surface area contributed by atoms with Gasteiger partial charge < -0.3 is 4.90 Å². The number of anilines is 1. The number of pyridine rings is 1. The smallest absolute Gasteiger partial charge is 0.349 e. The summed E-state index contributed by atoms with van der Waals surface area (Å²) in [4.78, 5) is 26.7. The molecule has 1 aromatic carbocycles. The third kappa shape index (κ3) is 5.29. The minimum atomic E-state index is -0.301. The van der Waals surface area contributed by atoms with Crippen molar-refractivity contribution in [3.8, 4) is 6.07 Å². The Morgan fingerprint density at radius 1 is 1.00 bits per heavy atom. The Hall–Kier alpha value is -3.24. The van der Waals surface area contributed by atoms with Crippen molar-refractivity contribution < 1.29 is 0 Å². The SMILES string of the molecule is CC.CCC1CN(C(CC)c2ccc(C)cc2)[C@H](CC)CN1c1nc(=O)n(C)c2ccc(C#N)nc12. The van der Waals surface area contributed by atoms with Crippen LogP contribution >= 0.6 is 0 Å². The van der Waals surface area contributed by atoms with Gasteiger partial charge in [0.1, 0.15) is 17.3 Å². The van der Waals surface area contributed by atoms with Crippen LogP contribution in [0.5, 0.6) is 0 Å². The quantitative estimate of drug-likeness (QED) is 0.464. The standard InChI is InChI=1S/C27H34N6O.C2H6/c1-6-21-17-33(26-25-24(31(5)27(34)30-26)14-13-20(15-28)29-25)22(7-2)16-32(21)23(8-3)19-11-9-18(4)10-12-19;1-2/h9-14,21-23H,6-8,16-17H2,1-5H3;1-2H3/t21-,22?,23?;/m1./s1. The third-order valence-electron chi connectivity index (χ3n) is 7.25. The number of benzene rings is 1. The molecule has 1 fully saturated rings. The normalized spacial score (nSPS) is 18.9. The summed E-state index contributed by atoms with van der Waals surface area (Å²) in [5.41, 5.74) is 3.98. The number of rotatable bonds is 6. The van der Waals surface area contributed by atoms with E-state index in [1.54, 1.807) is 19.2 Å². The first-order chi connectivity index (χ1) is 17.4. The van der Waals surface area contributed by atoms with E-state index >= 15 is 0 Å². The lowest BCUT2D eigenvalue weighted by Crippen LogP contribution is -2.59. The molecule has 0 amide bonds. The molecule has 0 saturated carbocycles. The molecule has 192 valence electrons. The molecule has 7 nitrogen and oxygen atoms in total. The van der Waals surface area contributed by atoms with Crippen molar-refractivity contribution in [3.05, 3.63) is 63.7 Å². The van der Waals surface area contributed by atoms with Crippen LogP contribution in [0, 0.1) is 18.3 Å². The molecule has 0 radical (unpaired) electrons. The molecule has 2 unspecified atom stereocenters. The highest BCUT2D eigenvalue weighted by Gasteiger charge is 2.37. The predicted molar refractivity (Wildman–Crippen MR) is 147 cm³/mol. The fourth-order valence-electron chi connectivity index (χ4n) is 5.25. The van der Waals surface area contributed by atoms with Crippen LogP contribution in [0.2, 0.25) is 0 Å². The number of aromatic nitrogens is 3. The summed E-state index contributed by atoms with van der Waals surface area (Å²) in [5, 5.41) is 9.43. The Bertz CT molecular complexity index is 1260. The Kier molecular flexibility index (Phi) is 9.22. The van der Waals surface area contributed by atoms with E-state index in [0.29, 0.717) is 34.6 Å². The topological polar surface area (TPSA) is 78.0 Å². The molecule has 0 aliphatic carbocycles. The Morgan fingerprint density at radius 3 is 2.25 bits per heavy atom. The van der Waals surface area contributed by atoms with Crippen LogP contribution in [0.25, 0.3) is 11.0 Å². The first-order valence-electron chi connectivity index (χ1n) is 13.3. The average molecular weight is 489 g/mol. The van der Waals surface area contributed by atoms with E-state index in [1.807, 2.05) is 13.8 Å². The molecule has 1 aliphatic heterocycles. The van der Waals surface area contributed by atoms with Crippen molar-refractivity contribution in [1.82, 2.24) is 19.4 Å². The van der Waals surface area contributed by atoms with Crippen molar-refractivity contribution in [2.24, 2.45) is 7.05 Å². The van der Waals surface area contributed by atoms with E-state index in [2.05, 4.69) is 77.8 Å². The second-order valence-corrected chi connectivity index (χ2v) is 9.26. The number of nitriles is 1. The van der Waals surface area contributed by atoms with Gasteiger partial charge in [-0.3, -0.25) is 9.47 Å². The number of aryl methyl sites for hydroxylation is 2. The summed E-state index contributed by atoms with van der Waals surface area (Å²) in [5.74, 6) is 0.600. The van der Waals surface area contributed by atoms with Gasteiger partial charge in [0.05, 0.1) is 5.52 Å². The van der Waals surface area contributed by atoms with Gasteiger partial charge in [-0.25, -0.2) is 9.78 Å². The maximum atomic E-state index is 12.8. The number of fused-ring (bicyclic) bond motifs is 1. The van der Waals surface area contributed by atoms with Gasteiger partial charge in [0.2, 0.25) is 0 Å². The maximum Gasteiger partial charge on any atom is 0.349 e. The van der Waals surface area contributed by atoms with Crippen molar-refractivity contribution in [2.75, 3.05) is 18.0 Å². The highest BCUT2D eigenvalue weighted by Crippen LogP contribution is 2.35. The van der Waals surface area contributed by atoms with Crippen LogP contribution in [0.15, 0.2) is 41.2 Å². The minimum Gasteiger partial charge on any atom is -0.349 e. The van der Waals surface area contributed by atoms with E-state index < -0.39 is 0 Å². The molecule has 7 heteroatoms. The second-order valence-electron chi connectivity index (χ2n) is 9.26. The van der Waals surface area contributed by atoms with E-state index in [4.69, 9.17) is 0 Å². The molecule has 4 rings (SSSR count). The van der Waals surface area contributed by atoms with Gasteiger partial charge in [-0.1, -0.05) is 64.4 Å². The molecule has 1 aliphatic rings. The van der Waals surface area contributed by atoms with Crippen LogP contribution < -0.4 is 10.6 Å². The number of nitrogens with zero attached hydrogens (tertiary/aromatic N) is 6. The van der Waals surface area contributed by atoms with Gasteiger partial charge in [-0.2, -0.15) is 10.2 Å². The van der Waals surface area contributed by atoms with E-state index in [0.717, 1.165) is 32.4 Å². The van der Waals surface area contributed by atoms with Crippen LogP contribution in [0.3, 0.4) is 0 Å². The highest BCUT2D eigenvalue weighted by atomic mass is 16.1. The first kappa shape index (κ1) is 27.3. The largest absolute Gasteiger partial charge is 0.349 e. The molecule has 0 spiro atoms. The van der Waals surface area contributed by atoms with Crippen molar-refractivity contribution in [2.45, 2.75) is 78.9 Å². The molecule has 36 heavy (non-hydrogen) atoms. The zero-order chi connectivity index (χ0) is 26.4. The Labute approximate surface area is 215 Å². The van der Waals surface area contributed by atoms with Gasteiger partial charge in [0.25, 0.3) is 0 Å². The van der Waals surface area contributed by atoms with E-state index in [1.165, 1.54) is 15.7 Å². The van der Waals surface area contributed by atoms with Gasteiger partial charge in [-0.05, 0) is 43.9 Å². The Morgan fingerprint density at radius 2 is 1.67 bits per heavy atom. The molecule has 3 atom stereocenters. The van der Waals surface area contributed by atoms with Crippen molar-refractivity contribution in [1.29, 1.82) is 5.26 Å². The third-order valence-corrected chi connectivity index (χ3v) is 7.25. The molecule has 2 aromatic heterocycles. The fourth-order valence-corrected chi connectivity index (χ4v) is 5.25. The first-order valence-corrected chi connectivity index (χ1v) is 13.3. The van der Waals surface area contributed by atoms with Crippen LogP contribution in [-0.2, 0) is 7.05 Å². The molecule has 3 aromatic rings. The lowest BCUT2D eigenvalue weighted by atomic mass is 9.94. The monoisotopic (exact) mass is 488 g/mol. The number of piperazine rings is 1. The average Bonchev–Trinajstić information content (AvgIpc) is 2.92. The summed E-state index contributed by atoms with van der Waals surface area (Å²) in [6.45, 7) is 14.5. The zero-order valence-electron chi connectivity index (χ0n) is 22.8. The summed E-state index contributed by atoms with van der Waals surface area (Å²) in [6.07, 6.45) is 2.96. The van der Waals surface area contributed by atoms with Crippen LogP contribution in [0.4, 0.5) is 5.82 Å². The van der Waals surface area contributed by atoms with Gasteiger partial charge >= 0.3 is 5.69 Å². The number of hydrogen-bond acceptors (Lipinski definition) is 6. The summed E-state index contributed by atoms with van der Waals surface area (Å²) < 4.78 is 1.51. The lowest BCUT2D eigenvalue weighted by Gasteiger charge is -2.49. The van der Waals surface area contributed by atoms with Crippen LogP contribution in [-0.4, -0.2) is 44.6 Å². The summed E-state index contributed by atoms with van der Waals surface area (Å²) >= 11 is 0. The van der Waals surface area contributed by atoms with Gasteiger partial charge in [0.15, 0.2) is 5.82 Å². The predicted octanol–water partition coefficient (Wildman–Crippen LogP) is 5.37. The highest BCUT2D eigenvalue weighted by molar-refractivity contribution is 5.86. The fraction of sp³-hybridized carbons (Fsp3) is 0.517. The van der Waals surface area contributed by atoms with Crippen molar-refractivity contribution in [3.63, 3.8) is 0 Å². The van der Waals surface area contributed by atoms with Gasteiger partial charge in [0, 0.05) is 38.3 Å². The molecule has 0 N–H and O–H groups in total. The second kappa shape index (κ2) is 12.1.